The molecule has 0 aromatic carbocycles. The van der Waals surface area contributed by atoms with Gasteiger partial charge in [0, 0.05) is 13.1 Å². The van der Waals surface area contributed by atoms with Gasteiger partial charge in [-0.25, -0.2) is 4.79 Å². The summed E-state index contributed by atoms with van der Waals surface area (Å²) in [4.78, 5) is 23.2. The van der Waals surface area contributed by atoms with Gasteiger partial charge < -0.3 is 0 Å². The molecule has 0 spiro atoms. The van der Waals surface area contributed by atoms with Crippen molar-refractivity contribution in [2.24, 2.45) is 7.05 Å². The average molecular weight is 177 g/mol. The predicted molar refractivity (Wildman–Crippen MR) is 44.0 cm³/mol. The van der Waals surface area contributed by atoms with Gasteiger partial charge in [0.1, 0.15) is 5.15 Å². The van der Waals surface area contributed by atoms with Crippen molar-refractivity contribution in [3.8, 4) is 0 Å². The fourth-order valence-electron chi connectivity index (χ4n) is 0.527. The highest BCUT2D eigenvalue weighted by Crippen LogP contribution is 1.96. The molecule has 0 saturated carbocycles. The molecule has 0 atom stereocenters. The maximum atomic E-state index is 10.7. The second-order valence-corrected chi connectivity index (χ2v) is 2.21. The largest absolute Gasteiger partial charge is 0.329 e. The second-order valence-electron chi connectivity index (χ2n) is 1.82. The van der Waals surface area contributed by atoms with Crippen molar-refractivity contribution >= 4 is 11.6 Å². The molecule has 0 bridgehead atoms. The van der Waals surface area contributed by atoms with E-state index in [0.717, 1.165) is 10.6 Å². The molecule has 1 aromatic rings. The van der Waals surface area contributed by atoms with Gasteiger partial charge in [0.15, 0.2) is 0 Å². The Balaban J connectivity index is 0.000001000. The zero-order chi connectivity index (χ0) is 7.72. The Bertz CT molecular complexity index is 352. The molecule has 1 aromatic heterocycles. The number of halogens is 1. The van der Waals surface area contributed by atoms with E-state index >= 15 is 0 Å². The third kappa shape index (κ3) is 1.94. The first-order valence-electron chi connectivity index (χ1n) is 2.57. The Morgan fingerprint density at radius 3 is 2.55 bits per heavy atom. The van der Waals surface area contributed by atoms with Gasteiger partial charge in [-0.3, -0.25) is 14.3 Å². The number of hydrogen-bond donors (Lipinski definition) is 1. The van der Waals surface area contributed by atoms with Crippen molar-refractivity contribution in [1.82, 2.24) is 9.55 Å². The van der Waals surface area contributed by atoms with E-state index in [1.54, 1.807) is 0 Å². The first kappa shape index (κ1) is 9.97. The summed E-state index contributed by atoms with van der Waals surface area (Å²) in [6, 6.07) is 1.14. The maximum absolute atomic E-state index is 10.7. The van der Waals surface area contributed by atoms with E-state index < -0.39 is 11.2 Å². The summed E-state index contributed by atoms with van der Waals surface area (Å²) in [5.41, 5.74) is -0.981. The summed E-state index contributed by atoms with van der Waals surface area (Å²) in [6.07, 6.45) is 0. The smallest absolute Gasteiger partial charge is 0.287 e. The molecule has 0 aliphatic heterocycles. The first-order chi connectivity index (χ1) is 4.61. The molecule has 1 N–H and O–H groups in total. The number of aromatic nitrogens is 2. The molecule has 4 nitrogen and oxygen atoms in total. The summed E-state index contributed by atoms with van der Waals surface area (Å²) in [5, 5.41) is 0.133. The van der Waals surface area contributed by atoms with E-state index in [2.05, 4.69) is 0 Å². The lowest BCUT2D eigenvalue weighted by atomic mass is 10.6. The van der Waals surface area contributed by atoms with Crippen LogP contribution in [0.1, 0.15) is 7.43 Å². The van der Waals surface area contributed by atoms with E-state index in [1.165, 1.54) is 7.05 Å². The fourth-order valence-corrected chi connectivity index (χ4v) is 0.703. The summed E-state index contributed by atoms with van der Waals surface area (Å²) in [7, 11) is 1.47. The minimum absolute atomic E-state index is 0. The zero-order valence-corrected chi connectivity index (χ0v) is 5.97. The summed E-state index contributed by atoms with van der Waals surface area (Å²) < 4.78 is 1.14. The van der Waals surface area contributed by atoms with E-state index in [0.29, 0.717) is 0 Å². The normalized spacial score (nSPS) is 8.91. The number of hydrogen-bond acceptors (Lipinski definition) is 2. The Hall–Kier alpha value is -1.03. The number of nitrogens with one attached hydrogen (secondary N) is 1. The molecule has 11 heavy (non-hydrogen) atoms. The van der Waals surface area contributed by atoms with Gasteiger partial charge in [0.2, 0.25) is 0 Å². The van der Waals surface area contributed by atoms with Gasteiger partial charge >= 0.3 is 5.69 Å². The predicted octanol–water partition coefficient (Wildman–Crippen LogP) is 0.363. The first-order valence-corrected chi connectivity index (χ1v) is 2.95. The molecule has 1 heterocycles. The monoisotopic (exact) mass is 176 g/mol. The molecular formula is C6H9ClN2O2. The SMILES string of the molecule is C.Cn1c(Cl)cc(=O)[nH]c1=O. The van der Waals surface area contributed by atoms with Crippen LogP contribution in [0.5, 0.6) is 0 Å². The van der Waals surface area contributed by atoms with E-state index in [1.807, 2.05) is 4.98 Å². The highest BCUT2D eigenvalue weighted by Gasteiger charge is 1.95. The molecule has 0 amide bonds. The maximum Gasteiger partial charge on any atom is 0.329 e. The highest BCUT2D eigenvalue weighted by molar-refractivity contribution is 6.29. The quantitative estimate of drug-likeness (QED) is 0.581. The van der Waals surface area contributed by atoms with Crippen LogP contribution in [0.3, 0.4) is 0 Å². The van der Waals surface area contributed by atoms with Crippen molar-refractivity contribution in [3.63, 3.8) is 0 Å². The Labute approximate surface area is 68.4 Å². The van der Waals surface area contributed by atoms with Crippen LogP contribution in [0.2, 0.25) is 5.15 Å². The van der Waals surface area contributed by atoms with Gasteiger partial charge in [-0.15, -0.1) is 0 Å². The van der Waals surface area contributed by atoms with Crippen LogP contribution >= 0.6 is 11.6 Å². The van der Waals surface area contributed by atoms with Crippen LogP contribution in [0.15, 0.2) is 15.7 Å². The third-order valence-corrected chi connectivity index (χ3v) is 1.47. The van der Waals surface area contributed by atoms with Crippen molar-refractivity contribution in [1.29, 1.82) is 0 Å². The van der Waals surface area contributed by atoms with E-state index in [-0.39, 0.29) is 12.6 Å². The van der Waals surface area contributed by atoms with Gasteiger partial charge in [-0.2, -0.15) is 0 Å². The number of aromatic amines is 1. The van der Waals surface area contributed by atoms with Gasteiger partial charge in [0.25, 0.3) is 5.56 Å². The van der Waals surface area contributed by atoms with Crippen LogP contribution in [0, 0.1) is 0 Å². The van der Waals surface area contributed by atoms with Crippen molar-refractivity contribution in [3.05, 3.63) is 32.1 Å². The molecule has 0 fully saturated rings. The molecule has 5 heteroatoms. The molecular weight excluding hydrogens is 168 g/mol. The highest BCUT2D eigenvalue weighted by atomic mass is 35.5. The van der Waals surface area contributed by atoms with Crippen LogP contribution in [0.4, 0.5) is 0 Å². The molecule has 62 valence electrons. The Kier molecular flexibility index (Phi) is 3.07. The average Bonchev–Trinajstić information content (AvgIpc) is 1.82. The topological polar surface area (TPSA) is 54.9 Å². The van der Waals surface area contributed by atoms with Gasteiger partial charge in [-0.1, -0.05) is 19.0 Å². The summed E-state index contributed by atoms with van der Waals surface area (Å²) in [5.74, 6) is 0. The second kappa shape index (κ2) is 3.39. The summed E-state index contributed by atoms with van der Waals surface area (Å²) >= 11 is 5.46. The minimum Gasteiger partial charge on any atom is -0.287 e. The van der Waals surface area contributed by atoms with Crippen molar-refractivity contribution in [2.45, 2.75) is 7.43 Å². The zero-order valence-electron chi connectivity index (χ0n) is 5.22. The lowest BCUT2D eigenvalue weighted by molar-refractivity contribution is 0.800. The molecule has 1 rings (SSSR count). The van der Waals surface area contributed by atoms with Crippen molar-refractivity contribution < 1.29 is 0 Å². The van der Waals surface area contributed by atoms with Crippen LogP contribution in [0.25, 0.3) is 0 Å². The summed E-state index contributed by atoms with van der Waals surface area (Å²) in [6.45, 7) is 0. The van der Waals surface area contributed by atoms with Crippen LogP contribution in [-0.4, -0.2) is 9.55 Å². The molecule has 0 saturated heterocycles. The number of H-pyrrole nitrogens is 1. The lowest BCUT2D eigenvalue weighted by Crippen LogP contribution is -2.27. The van der Waals surface area contributed by atoms with Gasteiger partial charge in [-0.05, 0) is 0 Å². The fraction of sp³-hybridized carbons (Fsp3) is 0.333. The molecule has 0 aliphatic carbocycles. The lowest BCUT2D eigenvalue weighted by Gasteiger charge is -1.95. The van der Waals surface area contributed by atoms with E-state index in [9.17, 15) is 9.59 Å². The van der Waals surface area contributed by atoms with Crippen LogP contribution < -0.4 is 11.2 Å². The molecule has 0 unspecified atom stereocenters. The van der Waals surface area contributed by atoms with E-state index in [4.69, 9.17) is 11.6 Å². The molecule has 0 radical (unpaired) electrons. The van der Waals surface area contributed by atoms with Crippen molar-refractivity contribution in [2.75, 3.05) is 0 Å². The third-order valence-electron chi connectivity index (χ3n) is 1.11. The Morgan fingerprint density at radius 2 is 2.09 bits per heavy atom. The number of rotatable bonds is 0. The Morgan fingerprint density at radius 1 is 1.55 bits per heavy atom. The standard InChI is InChI=1S/C5H5ClN2O2.CH4/c1-8-3(6)2-4(9)7-5(8)10;/h2H,1H3,(H,7,9,10);1H4. The minimum atomic E-state index is -0.502. The van der Waals surface area contributed by atoms with Gasteiger partial charge in [0.05, 0.1) is 0 Å². The molecule has 0 aliphatic rings. The number of nitrogens with zero attached hydrogens (tertiary/aromatic N) is 1. The van der Waals surface area contributed by atoms with Crippen LogP contribution in [-0.2, 0) is 7.05 Å².